The molecule has 0 aromatic heterocycles. The molecule has 1 saturated carbocycles. The average Bonchev–Trinajstić information content (AvgIpc) is 2.49. The molecule has 0 saturated heterocycles. The van der Waals surface area contributed by atoms with Crippen molar-refractivity contribution in [2.24, 2.45) is 5.92 Å². The third-order valence-electron chi connectivity index (χ3n) is 4.44. The molecule has 3 heteroatoms. The molecule has 1 aromatic carbocycles. The number of hydrogen-bond donors (Lipinski definition) is 1. The molecule has 0 aliphatic heterocycles. The first-order valence-corrected chi connectivity index (χ1v) is 8.59. The molecule has 1 aliphatic carbocycles. The van der Waals surface area contributed by atoms with Crippen LogP contribution < -0.4 is 10.1 Å². The van der Waals surface area contributed by atoms with Crippen LogP contribution in [0.2, 0.25) is 0 Å². The zero-order valence-electron chi connectivity index (χ0n) is 12.6. The molecular formula is C17H26BrNO. The maximum atomic E-state index is 5.27. The number of methoxy groups -OCH3 is 1. The van der Waals surface area contributed by atoms with Crippen LogP contribution in [0.3, 0.4) is 0 Å². The number of nitrogens with one attached hydrogen (secondary N) is 1. The largest absolute Gasteiger partial charge is 0.496 e. The summed E-state index contributed by atoms with van der Waals surface area (Å²) in [5, 5.41) is 3.76. The molecule has 20 heavy (non-hydrogen) atoms. The molecule has 1 fully saturated rings. The minimum absolute atomic E-state index is 0.663. The van der Waals surface area contributed by atoms with Crippen molar-refractivity contribution in [2.75, 3.05) is 7.11 Å². The predicted octanol–water partition coefficient (Wildman–Crippen LogP) is 4.91. The smallest absolute Gasteiger partial charge is 0.133 e. The van der Waals surface area contributed by atoms with E-state index >= 15 is 0 Å². The first kappa shape index (κ1) is 15.8. The van der Waals surface area contributed by atoms with Crippen molar-refractivity contribution in [1.29, 1.82) is 0 Å². The number of halogens is 1. The SMILES string of the molecule is CCC(NCc1ccc(OC)c(Br)c1)C1CCCCC1. The van der Waals surface area contributed by atoms with Gasteiger partial charge in [-0.2, -0.15) is 0 Å². The van der Waals surface area contributed by atoms with Gasteiger partial charge in [-0.3, -0.25) is 0 Å². The highest BCUT2D eigenvalue weighted by atomic mass is 79.9. The van der Waals surface area contributed by atoms with Crippen LogP contribution >= 0.6 is 15.9 Å². The Bertz CT molecular complexity index is 415. The van der Waals surface area contributed by atoms with Gasteiger partial charge in [0.1, 0.15) is 5.75 Å². The highest BCUT2D eigenvalue weighted by Crippen LogP contribution is 2.28. The van der Waals surface area contributed by atoms with Gasteiger partial charge in [0, 0.05) is 12.6 Å². The van der Waals surface area contributed by atoms with Crippen molar-refractivity contribution < 1.29 is 4.74 Å². The lowest BCUT2D eigenvalue weighted by Crippen LogP contribution is -2.36. The summed E-state index contributed by atoms with van der Waals surface area (Å²) < 4.78 is 6.31. The molecule has 2 nitrogen and oxygen atoms in total. The van der Waals surface area contributed by atoms with Gasteiger partial charge < -0.3 is 10.1 Å². The van der Waals surface area contributed by atoms with Gasteiger partial charge in [-0.05, 0) is 58.8 Å². The second kappa shape index (κ2) is 8.04. The molecule has 1 unspecified atom stereocenters. The maximum Gasteiger partial charge on any atom is 0.133 e. The highest BCUT2D eigenvalue weighted by Gasteiger charge is 2.21. The molecule has 0 heterocycles. The van der Waals surface area contributed by atoms with Gasteiger partial charge in [-0.15, -0.1) is 0 Å². The fraction of sp³-hybridized carbons (Fsp3) is 0.647. The zero-order valence-corrected chi connectivity index (χ0v) is 14.2. The Hall–Kier alpha value is -0.540. The van der Waals surface area contributed by atoms with Gasteiger partial charge in [0.15, 0.2) is 0 Å². The summed E-state index contributed by atoms with van der Waals surface area (Å²) >= 11 is 3.56. The lowest BCUT2D eigenvalue weighted by Gasteiger charge is -2.30. The standard InChI is InChI=1S/C17H26BrNO/c1-3-16(14-7-5-4-6-8-14)19-12-13-9-10-17(20-2)15(18)11-13/h9-11,14,16,19H,3-8,12H2,1-2H3. The van der Waals surface area contributed by atoms with E-state index in [1.54, 1.807) is 7.11 Å². The Labute approximate surface area is 131 Å². The molecule has 0 bridgehead atoms. The number of hydrogen-bond acceptors (Lipinski definition) is 2. The number of benzene rings is 1. The van der Waals surface area contributed by atoms with Crippen LogP contribution in [0, 0.1) is 5.92 Å². The maximum absolute atomic E-state index is 5.27. The Balaban J connectivity index is 1.90. The molecule has 0 radical (unpaired) electrons. The summed E-state index contributed by atoms with van der Waals surface area (Å²) in [7, 11) is 1.70. The molecule has 1 aliphatic rings. The summed E-state index contributed by atoms with van der Waals surface area (Å²) in [4.78, 5) is 0. The molecule has 0 spiro atoms. The van der Waals surface area contributed by atoms with Crippen LogP contribution in [0.1, 0.15) is 51.0 Å². The molecule has 112 valence electrons. The van der Waals surface area contributed by atoms with E-state index in [-0.39, 0.29) is 0 Å². The predicted molar refractivity (Wildman–Crippen MR) is 88.2 cm³/mol. The molecule has 1 aromatic rings. The fourth-order valence-electron chi connectivity index (χ4n) is 3.25. The summed E-state index contributed by atoms with van der Waals surface area (Å²) in [6.45, 7) is 3.24. The third kappa shape index (κ3) is 4.23. The van der Waals surface area contributed by atoms with Gasteiger partial charge in [0.25, 0.3) is 0 Å². The van der Waals surface area contributed by atoms with Crippen LogP contribution in [0.4, 0.5) is 0 Å². The van der Waals surface area contributed by atoms with Gasteiger partial charge in [-0.1, -0.05) is 32.3 Å². The topological polar surface area (TPSA) is 21.3 Å². The van der Waals surface area contributed by atoms with E-state index in [2.05, 4.69) is 40.3 Å². The molecule has 0 amide bonds. The molecular weight excluding hydrogens is 314 g/mol. The van der Waals surface area contributed by atoms with Crippen molar-refractivity contribution in [1.82, 2.24) is 5.32 Å². The van der Waals surface area contributed by atoms with Crippen molar-refractivity contribution in [2.45, 2.75) is 58.0 Å². The fourth-order valence-corrected chi connectivity index (χ4v) is 3.84. The minimum Gasteiger partial charge on any atom is -0.496 e. The van der Waals surface area contributed by atoms with Gasteiger partial charge in [-0.25, -0.2) is 0 Å². The Morgan fingerprint density at radius 3 is 2.65 bits per heavy atom. The van der Waals surface area contributed by atoms with E-state index in [4.69, 9.17) is 4.74 Å². The van der Waals surface area contributed by atoms with E-state index in [0.717, 1.165) is 22.7 Å². The van der Waals surface area contributed by atoms with E-state index in [9.17, 15) is 0 Å². The minimum atomic E-state index is 0.663. The highest BCUT2D eigenvalue weighted by molar-refractivity contribution is 9.10. The van der Waals surface area contributed by atoms with E-state index in [0.29, 0.717) is 6.04 Å². The van der Waals surface area contributed by atoms with Gasteiger partial charge >= 0.3 is 0 Å². The van der Waals surface area contributed by atoms with Gasteiger partial charge in [0.05, 0.1) is 11.6 Å². The Morgan fingerprint density at radius 2 is 2.05 bits per heavy atom. The first-order valence-electron chi connectivity index (χ1n) is 7.80. The van der Waals surface area contributed by atoms with E-state index in [1.807, 2.05) is 6.07 Å². The van der Waals surface area contributed by atoms with Crippen molar-refractivity contribution in [3.63, 3.8) is 0 Å². The molecule has 1 atom stereocenters. The number of rotatable bonds is 6. The van der Waals surface area contributed by atoms with Crippen LogP contribution in [-0.2, 0) is 6.54 Å². The van der Waals surface area contributed by atoms with Crippen molar-refractivity contribution >= 4 is 15.9 Å². The van der Waals surface area contributed by atoms with Crippen LogP contribution in [0.25, 0.3) is 0 Å². The average molecular weight is 340 g/mol. The van der Waals surface area contributed by atoms with E-state index < -0.39 is 0 Å². The molecule has 2 rings (SSSR count). The summed E-state index contributed by atoms with van der Waals surface area (Å²) in [5.41, 5.74) is 1.31. The second-order valence-electron chi connectivity index (χ2n) is 5.76. The quantitative estimate of drug-likeness (QED) is 0.795. The van der Waals surface area contributed by atoms with E-state index in [1.165, 1.54) is 44.1 Å². The van der Waals surface area contributed by atoms with Crippen LogP contribution in [0.15, 0.2) is 22.7 Å². The monoisotopic (exact) mass is 339 g/mol. The Kier molecular flexibility index (Phi) is 6.37. The third-order valence-corrected chi connectivity index (χ3v) is 5.06. The number of ether oxygens (including phenoxy) is 1. The van der Waals surface area contributed by atoms with Crippen LogP contribution in [0.5, 0.6) is 5.75 Å². The van der Waals surface area contributed by atoms with Crippen molar-refractivity contribution in [3.05, 3.63) is 28.2 Å². The molecule has 1 N–H and O–H groups in total. The lowest BCUT2D eigenvalue weighted by molar-refractivity contribution is 0.261. The zero-order chi connectivity index (χ0) is 14.4. The second-order valence-corrected chi connectivity index (χ2v) is 6.62. The summed E-state index contributed by atoms with van der Waals surface area (Å²) in [6, 6.07) is 6.99. The first-order chi connectivity index (χ1) is 9.74. The van der Waals surface area contributed by atoms with Gasteiger partial charge in [0.2, 0.25) is 0 Å². The normalized spacial score (nSPS) is 17.9. The van der Waals surface area contributed by atoms with Crippen molar-refractivity contribution in [3.8, 4) is 5.75 Å². The lowest BCUT2D eigenvalue weighted by atomic mass is 9.83. The Morgan fingerprint density at radius 1 is 1.30 bits per heavy atom. The summed E-state index contributed by atoms with van der Waals surface area (Å²) in [6.07, 6.45) is 8.28. The summed E-state index contributed by atoms with van der Waals surface area (Å²) in [5.74, 6) is 1.77. The van der Waals surface area contributed by atoms with Crippen LogP contribution in [-0.4, -0.2) is 13.2 Å².